The Labute approximate surface area is 230 Å². The number of rotatable bonds is 9. The maximum atomic E-state index is 13.7. The fourth-order valence-corrected chi connectivity index (χ4v) is 5.41. The number of alkyl halides is 6. The van der Waals surface area contributed by atoms with E-state index in [1.165, 1.54) is 17.7 Å². The van der Waals surface area contributed by atoms with Gasteiger partial charge in [0, 0.05) is 18.5 Å². The largest absolute Gasteiger partial charge is 0.416 e. The van der Waals surface area contributed by atoms with E-state index >= 15 is 0 Å². The number of benzene rings is 3. The third-order valence-corrected chi connectivity index (χ3v) is 7.87. The van der Waals surface area contributed by atoms with Crippen molar-refractivity contribution in [2.75, 3.05) is 26.2 Å². The van der Waals surface area contributed by atoms with Crippen molar-refractivity contribution in [2.45, 2.75) is 56.4 Å². The number of piperidine rings is 1. The van der Waals surface area contributed by atoms with Gasteiger partial charge in [-0.25, -0.2) is 4.39 Å². The van der Waals surface area contributed by atoms with Gasteiger partial charge in [0.15, 0.2) is 0 Å². The summed E-state index contributed by atoms with van der Waals surface area (Å²) in [6, 6.07) is 18.1. The van der Waals surface area contributed by atoms with Crippen molar-refractivity contribution >= 4 is 0 Å². The fourth-order valence-electron chi connectivity index (χ4n) is 5.41. The highest BCUT2D eigenvalue weighted by atomic mass is 19.4. The molecule has 3 aromatic rings. The highest BCUT2D eigenvalue weighted by molar-refractivity contribution is 5.34. The molecule has 0 bridgehead atoms. The molecule has 3 aromatic carbocycles. The quantitative estimate of drug-likeness (QED) is 0.263. The van der Waals surface area contributed by atoms with Crippen LogP contribution in [0.25, 0.3) is 0 Å². The first-order valence-corrected chi connectivity index (χ1v) is 13.4. The molecule has 9 heteroatoms. The summed E-state index contributed by atoms with van der Waals surface area (Å²) in [7, 11) is 0. The lowest BCUT2D eigenvalue weighted by Gasteiger charge is -2.36. The number of hydrogen-bond donors (Lipinski definition) is 1. The van der Waals surface area contributed by atoms with Crippen molar-refractivity contribution in [2.24, 2.45) is 0 Å². The molecule has 1 atom stereocenters. The Morgan fingerprint density at radius 1 is 0.775 bits per heavy atom. The van der Waals surface area contributed by atoms with Crippen LogP contribution < -0.4 is 5.32 Å². The third-order valence-electron chi connectivity index (χ3n) is 7.87. The van der Waals surface area contributed by atoms with Crippen LogP contribution >= 0.6 is 0 Å². The molecule has 1 aliphatic rings. The molecule has 1 N–H and O–H groups in total. The van der Waals surface area contributed by atoms with Gasteiger partial charge in [0.05, 0.1) is 11.1 Å². The molecule has 216 valence electrons. The predicted molar refractivity (Wildman–Crippen MR) is 141 cm³/mol. The minimum atomic E-state index is -4.90. The highest BCUT2D eigenvalue weighted by Crippen LogP contribution is 2.37. The second kappa shape index (κ2) is 12.3. The van der Waals surface area contributed by atoms with E-state index in [2.05, 4.69) is 22.3 Å². The van der Waals surface area contributed by atoms with Gasteiger partial charge in [-0.05, 0) is 91.8 Å². The monoisotopic (exact) mass is 566 g/mol. The number of likely N-dealkylation sites (tertiary alicyclic amines) is 1. The topological polar surface area (TPSA) is 15.3 Å². The number of hydrogen-bond acceptors (Lipinski definition) is 2. The van der Waals surface area contributed by atoms with Gasteiger partial charge >= 0.3 is 12.4 Å². The van der Waals surface area contributed by atoms with E-state index in [0.717, 1.165) is 50.2 Å². The van der Waals surface area contributed by atoms with Crippen LogP contribution in [0.1, 0.15) is 59.9 Å². The average molecular weight is 567 g/mol. The van der Waals surface area contributed by atoms with Crippen LogP contribution in [0, 0.1) is 5.82 Å². The summed E-state index contributed by atoms with van der Waals surface area (Å²) in [5.41, 5.74) is -1.12. The summed E-state index contributed by atoms with van der Waals surface area (Å²) >= 11 is 0. The van der Waals surface area contributed by atoms with Crippen molar-refractivity contribution < 1.29 is 30.7 Å². The Hall–Kier alpha value is -2.91. The van der Waals surface area contributed by atoms with Crippen LogP contribution in [-0.2, 0) is 24.3 Å². The molecule has 4 rings (SSSR count). The lowest BCUT2D eigenvalue weighted by Crippen LogP contribution is -2.41. The molecule has 0 aliphatic carbocycles. The molecule has 0 saturated carbocycles. The summed E-state index contributed by atoms with van der Waals surface area (Å²) in [6.45, 7) is 4.72. The van der Waals surface area contributed by atoms with Gasteiger partial charge in [-0.15, -0.1) is 0 Å². The highest BCUT2D eigenvalue weighted by Gasteiger charge is 2.37. The van der Waals surface area contributed by atoms with E-state index in [4.69, 9.17) is 0 Å². The van der Waals surface area contributed by atoms with Gasteiger partial charge < -0.3 is 10.2 Å². The van der Waals surface area contributed by atoms with Gasteiger partial charge in [-0.3, -0.25) is 0 Å². The normalized spacial score (nSPS) is 17.1. The smallest absolute Gasteiger partial charge is 0.312 e. The molecular formula is C31H33F7N2. The summed E-state index contributed by atoms with van der Waals surface area (Å²) in [5.74, 6) is 0.127. The zero-order valence-corrected chi connectivity index (χ0v) is 22.3. The van der Waals surface area contributed by atoms with E-state index in [-0.39, 0.29) is 30.5 Å². The second-order valence-corrected chi connectivity index (χ2v) is 10.9. The third kappa shape index (κ3) is 7.85. The second-order valence-electron chi connectivity index (χ2n) is 10.9. The molecular weight excluding hydrogens is 533 g/mol. The van der Waals surface area contributed by atoms with Gasteiger partial charge in [0.25, 0.3) is 0 Å². The zero-order valence-electron chi connectivity index (χ0n) is 22.3. The van der Waals surface area contributed by atoms with Crippen LogP contribution in [0.4, 0.5) is 30.7 Å². The predicted octanol–water partition coefficient (Wildman–Crippen LogP) is 8.18. The van der Waals surface area contributed by atoms with Crippen molar-refractivity contribution in [3.8, 4) is 0 Å². The number of halogens is 7. The standard InChI is InChI=1S/C31H33F7N2/c1-29(25-7-9-28(32)10-8-25,13-16-40-14-11-24(12-15-40)23-5-3-2-4-6-23)21-39-20-22-17-26(30(33,34)35)19-27(18-22)31(36,37)38/h2-10,17-19,24,39H,11-16,20-21H2,1H3/t29-/m0/s1. The van der Waals surface area contributed by atoms with E-state index in [0.29, 0.717) is 12.3 Å². The van der Waals surface area contributed by atoms with Crippen molar-refractivity contribution in [3.05, 3.63) is 106 Å². The van der Waals surface area contributed by atoms with Crippen LogP contribution in [0.2, 0.25) is 0 Å². The molecule has 40 heavy (non-hydrogen) atoms. The minimum absolute atomic E-state index is 0.105. The Bertz CT molecular complexity index is 1200. The Morgan fingerprint density at radius 2 is 1.35 bits per heavy atom. The van der Waals surface area contributed by atoms with E-state index in [1.807, 2.05) is 25.1 Å². The SMILES string of the molecule is C[C@](CCN1CCC(c2ccccc2)CC1)(CNCc1cc(C(F)(F)F)cc(C(F)(F)F)c1)c1ccc(F)cc1. The van der Waals surface area contributed by atoms with Crippen molar-refractivity contribution in [1.29, 1.82) is 0 Å². The molecule has 1 heterocycles. The fraction of sp³-hybridized carbons (Fsp3) is 0.419. The Morgan fingerprint density at radius 3 is 1.90 bits per heavy atom. The van der Waals surface area contributed by atoms with Crippen LogP contribution in [0.15, 0.2) is 72.8 Å². The molecule has 0 spiro atoms. The molecule has 1 saturated heterocycles. The van der Waals surface area contributed by atoms with Crippen molar-refractivity contribution in [1.82, 2.24) is 10.2 Å². The number of nitrogens with one attached hydrogen (secondary N) is 1. The maximum Gasteiger partial charge on any atom is 0.416 e. The maximum absolute atomic E-state index is 13.7. The number of nitrogens with zero attached hydrogens (tertiary/aromatic N) is 1. The van der Waals surface area contributed by atoms with Gasteiger partial charge in [0.2, 0.25) is 0 Å². The lowest BCUT2D eigenvalue weighted by atomic mass is 9.78. The van der Waals surface area contributed by atoms with Gasteiger partial charge in [0.1, 0.15) is 5.82 Å². The average Bonchev–Trinajstić information content (AvgIpc) is 2.92. The van der Waals surface area contributed by atoms with Crippen LogP contribution in [0.3, 0.4) is 0 Å². The van der Waals surface area contributed by atoms with Crippen molar-refractivity contribution in [3.63, 3.8) is 0 Å². The first-order valence-electron chi connectivity index (χ1n) is 13.4. The lowest BCUT2D eigenvalue weighted by molar-refractivity contribution is -0.143. The van der Waals surface area contributed by atoms with Gasteiger partial charge in [-0.2, -0.15) is 26.3 Å². The first-order chi connectivity index (χ1) is 18.8. The Kier molecular flexibility index (Phi) is 9.25. The molecule has 1 aliphatic heterocycles. The molecule has 0 amide bonds. The van der Waals surface area contributed by atoms with Crippen LogP contribution in [-0.4, -0.2) is 31.1 Å². The summed E-state index contributed by atoms with van der Waals surface area (Å²) in [5, 5.41) is 3.08. The van der Waals surface area contributed by atoms with Gasteiger partial charge in [-0.1, -0.05) is 49.4 Å². The zero-order chi connectivity index (χ0) is 29.0. The summed E-state index contributed by atoms with van der Waals surface area (Å²) in [6.07, 6.45) is -7.05. The first kappa shape index (κ1) is 30.1. The minimum Gasteiger partial charge on any atom is -0.312 e. The molecule has 2 nitrogen and oxygen atoms in total. The van der Waals surface area contributed by atoms with Crippen LogP contribution in [0.5, 0.6) is 0 Å². The van der Waals surface area contributed by atoms with E-state index in [9.17, 15) is 30.7 Å². The molecule has 0 radical (unpaired) electrons. The Balaban J connectivity index is 1.43. The molecule has 0 unspecified atom stereocenters. The summed E-state index contributed by atoms with van der Waals surface area (Å²) < 4.78 is 93.3. The van der Waals surface area contributed by atoms with E-state index in [1.54, 1.807) is 12.1 Å². The summed E-state index contributed by atoms with van der Waals surface area (Å²) in [4.78, 5) is 2.38. The van der Waals surface area contributed by atoms with E-state index < -0.39 is 28.9 Å². The molecule has 0 aromatic heterocycles. The molecule has 1 fully saturated rings.